The van der Waals surface area contributed by atoms with Crippen LogP contribution in [0.1, 0.15) is 48.3 Å². The third-order valence-electron chi connectivity index (χ3n) is 6.36. The Morgan fingerprint density at radius 1 is 1.07 bits per heavy atom. The van der Waals surface area contributed by atoms with Crippen molar-refractivity contribution in [1.29, 1.82) is 0 Å². The molecule has 3 unspecified atom stereocenters. The van der Waals surface area contributed by atoms with E-state index in [0.717, 1.165) is 43.4 Å². The van der Waals surface area contributed by atoms with Gasteiger partial charge in [0, 0.05) is 37.9 Å². The Labute approximate surface area is 173 Å². The molecule has 0 aromatic heterocycles. The van der Waals surface area contributed by atoms with E-state index in [-0.39, 0.29) is 18.2 Å². The molecule has 2 aromatic carbocycles. The SMILES string of the molecule is CN(C)c1ccc(C2CCC(NC(=O)Nc3cccc4c3CC(O)CC4)C2)cc1. The van der Waals surface area contributed by atoms with E-state index < -0.39 is 0 Å². The summed E-state index contributed by atoms with van der Waals surface area (Å²) < 4.78 is 0. The lowest BCUT2D eigenvalue weighted by Gasteiger charge is -2.24. The number of hydrogen-bond donors (Lipinski definition) is 3. The lowest BCUT2D eigenvalue weighted by molar-refractivity contribution is 0.159. The first-order valence-corrected chi connectivity index (χ1v) is 10.6. The van der Waals surface area contributed by atoms with E-state index in [0.29, 0.717) is 12.3 Å². The molecule has 0 spiro atoms. The number of carbonyl (C=O) groups is 1. The molecule has 2 aliphatic rings. The van der Waals surface area contributed by atoms with Crippen LogP contribution in [0.2, 0.25) is 0 Å². The van der Waals surface area contributed by atoms with Crippen LogP contribution in [0.5, 0.6) is 0 Å². The van der Waals surface area contributed by atoms with Crippen LogP contribution in [0.3, 0.4) is 0 Å². The topological polar surface area (TPSA) is 64.6 Å². The van der Waals surface area contributed by atoms with E-state index in [1.165, 1.54) is 16.8 Å². The third-order valence-corrected chi connectivity index (χ3v) is 6.36. The Morgan fingerprint density at radius 3 is 2.62 bits per heavy atom. The van der Waals surface area contributed by atoms with Gasteiger partial charge in [-0.2, -0.15) is 0 Å². The van der Waals surface area contributed by atoms with Crippen molar-refractivity contribution in [3.05, 3.63) is 59.2 Å². The standard InChI is InChI=1S/C24H31N3O2/c1-27(2)20-11-7-16(8-12-20)18-6-10-19(14-18)25-24(29)26-23-5-3-4-17-9-13-21(28)15-22(17)23/h3-5,7-8,11-12,18-19,21,28H,6,9-10,13-15H2,1-2H3,(H2,25,26,29). The van der Waals surface area contributed by atoms with Gasteiger partial charge in [0.25, 0.3) is 0 Å². The zero-order valence-electron chi connectivity index (χ0n) is 17.3. The van der Waals surface area contributed by atoms with Crippen molar-refractivity contribution in [2.24, 2.45) is 0 Å². The molecule has 5 heteroatoms. The molecule has 2 aliphatic carbocycles. The minimum absolute atomic E-state index is 0.146. The molecular formula is C24H31N3O2. The Balaban J connectivity index is 1.34. The number of aliphatic hydroxyl groups is 1. The van der Waals surface area contributed by atoms with Crippen LogP contribution < -0.4 is 15.5 Å². The average molecular weight is 394 g/mol. The Morgan fingerprint density at radius 2 is 1.86 bits per heavy atom. The summed E-state index contributed by atoms with van der Waals surface area (Å²) in [6.07, 6.45) is 5.02. The average Bonchev–Trinajstić information content (AvgIpc) is 3.17. The molecule has 0 radical (unpaired) electrons. The van der Waals surface area contributed by atoms with E-state index >= 15 is 0 Å². The summed E-state index contributed by atoms with van der Waals surface area (Å²) in [5.41, 5.74) is 5.69. The van der Waals surface area contributed by atoms with Crippen molar-refractivity contribution in [3.8, 4) is 0 Å². The molecule has 0 aliphatic heterocycles. The molecule has 3 N–H and O–H groups in total. The number of urea groups is 1. The van der Waals surface area contributed by atoms with Crippen molar-refractivity contribution in [2.45, 2.75) is 56.6 Å². The summed E-state index contributed by atoms with van der Waals surface area (Å²) >= 11 is 0. The van der Waals surface area contributed by atoms with Crippen LogP contribution in [0.4, 0.5) is 16.2 Å². The second-order valence-electron chi connectivity index (χ2n) is 8.63. The highest BCUT2D eigenvalue weighted by atomic mass is 16.3. The van der Waals surface area contributed by atoms with Crippen LogP contribution in [0, 0.1) is 0 Å². The molecular weight excluding hydrogens is 362 g/mol. The maximum atomic E-state index is 12.6. The van der Waals surface area contributed by atoms with Gasteiger partial charge in [-0.3, -0.25) is 0 Å². The monoisotopic (exact) mass is 393 g/mol. The van der Waals surface area contributed by atoms with Crippen LogP contribution in [0.25, 0.3) is 0 Å². The van der Waals surface area contributed by atoms with Crippen LogP contribution >= 0.6 is 0 Å². The number of aliphatic hydroxyl groups excluding tert-OH is 1. The van der Waals surface area contributed by atoms with Gasteiger partial charge >= 0.3 is 6.03 Å². The number of nitrogens with zero attached hydrogens (tertiary/aromatic N) is 1. The Kier molecular flexibility index (Phi) is 5.76. The lowest BCUT2D eigenvalue weighted by Crippen LogP contribution is -2.37. The maximum Gasteiger partial charge on any atom is 0.319 e. The van der Waals surface area contributed by atoms with E-state index in [1.54, 1.807) is 0 Å². The summed E-state index contributed by atoms with van der Waals surface area (Å²) in [5.74, 6) is 0.496. The number of anilines is 2. The van der Waals surface area contributed by atoms with Crippen LogP contribution in [0.15, 0.2) is 42.5 Å². The normalized spacial score (nSPS) is 23.3. The number of fused-ring (bicyclic) bond motifs is 1. The largest absolute Gasteiger partial charge is 0.393 e. The Bertz CT molecular complexity index is 863. The van der Waals surface area contributed by atoms with Crippen molar-refractivity contribution >= 4 is 17.4 Å². The van der Waals surface area contributed by atoms with E-state index in [2.05, 4.69) is 45.9 Å². The van der Waals surface area contributed by atoms with Crippen molar-refractivity contribution < 1.29 is 9.90 Å². The summed E-state index contributed by atoms with van der Waals surface area (Å²) in [6.45, 7) is 0. The van der Waals surface area contributed by atoms with Gasteiger partial charge in [0.2, 0.25) is 0 Å². The highest BCUT2D eigenvalue weighted by molar-refractivity contribution is 5.90. The number of aryl methyl sites for hydroxylation is 1. The molecule has 0 heterocycles. The molecule has 1 fully saturated rings. The predicted molar refractivity (Wildman–Crippen MR) is 118 cm³/mol. The number of carbonyl (C=O) groups excluding carboxylic acids is 1. The summed E-state index contributed by atoms with van der Waals surface area (Å²) in [6, 6.07) is 14.8. The highest BCUT2D eigenvalue weighted by Crippen LogP contribution is 2.35. The molecule has 2 aromatic rings. The van der Waals surface area contributed by atoms with Gasteiger partial charge in [0.05, 0.1) is 6.10 Å². The zero-order chi connectivity index (χ0) is 20.4. The molecule has 0 saturated heterocycles. The van der Waals surface area contributed by atoms with Gasteiger partial charge in [0.15, 0.2) is 0 Å². The van der Waals surface area contributed by atoms with Crippen LogP contribution in [-0.2, 0) is 12.8 Å². The minimum atomic E-state index is -0.317. The van der Waals surface area contributed by atoms with E-state index in [1.807, 2.05) is 26.2 Å². The summed E-state index contributed by atoms with van der Waals surface area (Å²) in [4.78, 5) is 14.7. The number of benzene rings is 2. The number of nitrogens with one attached hydrogen (secondary N) is 2. The Hall–Kier alpha value is -2.53. The van der Waals surface area contributed by atoms with E-state index in [9.17, 15) is 9.90 Å². The van der Waals surface area contributed by atoms with Crippen molar-refractivity contribution in [3.63, 3.8) is 0 Å². The molecule has 3 atom stereocenters. The summed E-state index contributed by atoms with van der Waals surface area (Å²) in [7, 11) is 4.10. The van der Waals surface area contributed by atoms with Gasteiger partial charge in [-0.1, -0.05) is 24.3 Å². The fraction of sp³-hybridized carbons (Fsp3) is 0.458. The molecule has 154 valence electrons. The van der Waals surface area contributed by atoms with Crippen molar-refractivity contribution in [2.75, 3.05) is 24.3 Å². The fourth-order valence-electron chi connectivity index (χ4n) is 4.69. The van der Waals surface area contributed by atoms with Gasteiger partial charge in [-0.05, 0) is 72.9 Å². The molecule has 1 saturated carbocycles. The molecule has 29 heavy (non-hydrogen) atoms. The molecule has 5 nitrogen and oxygen atoms in total. The quantitative estimate of drug-likeness (QED) is 0.734. The minimum Gasteiger partial charge on any atom is -0.393 e. The number of rotatable bonds is 4. The summed E-state index contributed by atoms with van der Waals surface area (Å²) in [5, 5.41) is 16.2. The molecule has 2 amide bonds. The molecule has 4 rings (SSSR count). The lowest BCUT2D eigenvalue weighted by atomic mass is 9.88. The van der Waals surface area contributed by atoms with Gasteiger partial charge < -0.3 is 20.6 Å². The first kappa shape index (κ1) is 19.8. The first-order valence-electron chi connectivity index (χ1n) is 10.6. The van der Waals surface area contributed by atoms with E-state index in [4.69, 9.17) is 0 Å². The maximum absolute atomic E-state index is 12.6. The highest BCUT2D eigenvalue weighted by Gasteiger charge is 2.27. The second-order valence-corrected chi connectivity index (χ2v) is 8.63. The number of hydrogen-bond acceptors (Lipinski definition) is 3. The number of amides is 2. The third kappa shape index (κ3) is 4.56. The van der Waals surface area contributed by atoms with Crippen LogP contribution in [-0.4, -0.2) is 37.4 Å². The van der Waals surface area contributed by atoms with Gasteiger partial charge in [0.1, 0.15) is 0 Å². The fourth-order valence-corrected chi connectivity index (χ4v) is 4.69. The predicted octanol–water partition coefficient (Wildman–Crippen LogP) is 4.06. The second kappa shape index (κ2) is 8.46. The van der Waals surface area contributed by atoms with Gasteiger partial charge in [-0.25, -0.2) is 4.79 Å². The first-order chi connectivity index (χ1) is 14.0. The van der Waals surface area contributed by atoms with Crippen molar-refractivity contribution in [1.82, 2.24) is 5.32 Å². The smallest absolute Gasteiger partial charge is 0.319 e. The molecule has 0 bridgehead atoms. The van der Waals surface area contributed by atoms with Gasteiger partial charge in [-0.15, -0.1) is 0 Å². The zero-order valence-corrected chi connectivity index (χ0v) is 17.3.